The number of methoxy groups -OCH3 is 1. The molecule has 0 amide bonds. The zero-order valence-electron chi connectivity index (χ0n) is 14.6. The number of pyridine rings is 1. The lowest BCUT2D eigenvalue weighted by atomic mass is 10.3. The number of oxazole rings is 1. The fraction of sp³-hybridized carbons (Fsp3) is 0.105. The van der Waals surface area contributed by atoms with Gasteiger partial charge in [-0.25, -0.2) is 4.98 Å². The molecule has 0 aliphatic carbocycles. The first-order valence-corrected chi connectivity index (χ1v) is 8.28. The number of imidazole rings is 2. The van der Waals surface area contributed by atoms with Crippen LogP contribution in [0.4, 0.5) is 5.82 Å². The van der Waals surface area contributed by atoms with Crippen LogP contribution in [0.25, 0.3) is 34.0 Å². The molecule has 0 aliphatic heterocycles. The largest absolute Gasteiger partial charge is 0.497 e. The smallest absolute Gasteiger partial charge is 0.307 e. The molecule has 8 heteroatoms. The highest BCUT2D eigenvalue weighted by Crippen LogP contribution is 2.31. The van der Waals surface area contributed by atoms with E-state index < -0.39 is 0 Å². The lowest BCUT2D eigenvalue weighted by Gasteiger charge is -2.02. The maximum absolute atomic E-state index is 9.12. The summed E-state index contributed by atoms with van der Waals surface area (Å²) < 4.78 is 14.9. The van der Waals surface area contributed by atoms with E-state index in [4.69, 9.17) is 14.4 Å². The highest BCUT2D eigenvalue weighted by atomic mass is 16.5. The number of hydrogen-bond donors (Lipinski definition) is 1. The van der Waals surface area contributed by atoms with E-state index in [9.17, 15) is 0 Å². The van der Waals surface area contributed by atoms with Crippen LogP contribution in [0.5, 0.6) is 5.75 Å². The number of aromatic nitrogens is 4. The van der Waals surface area contributed by atoms with Crippen molar-refractivity contribution in [3.63, 3.8) is 0 Å². The van der Waals surface area contributed by atoms with E-state index >= 15 is 0 Å². The molecule has 27 heavy (non-hydrogen) atoms. The standard InChI is InChI=1S/C19H14N6O2/c1-21-18-17(23-16-7-11(9-20)5-6-24(16)18)13-10-25-14-8-12(26-2)3-4-15(14)27-19(25)22-13/h3-8,10,21H,1-2H3. The van der Waals surface area contributed by atoms with Gasteiger partial charge in [-0.15, -0.1) is 0 Å². The van der Waals surface area contributed by atoms with Gasteiger partial charge < -0.3 is 14.5 Å². The van der Waals surface area contributed by atoms with Gasteiger partial charge in [0.05, 0.1) is 24.3 Å². The molecule has 5 aromatic rings. The Morgan fingerprint density at radius 2 is 2.07 bits per heavy atom. The van der Waals surface area contributed by atoms with Crippen molar-refractivity contribution in [2.24, 2.45) is 0 Å². The van der Waals surface area contributed by atoms with Crippen LogP contribution >= 0.6 is 0 Å². The van der Waals surface area contributed by atoms with Crippen molar-refractivity contribution in [2.75, 3.05) is 19.5 Å². The monoisotopic (exact) mass is 358 g/mol. The molecule has 0 aliphatic rings. The molecule has 0 bridgehead atoms. The first kappa shape index (κ1) is 15.3. The topological polar surface area (TPSA) is 92.8 Å². The quantitative estimate of drug-likeness (QED) is 0.532. The molecular weight excluding hydrogens is 344 g/mol. The lowest BCUT2D eigenvalue weighted by molar-refractivity contribution is 0.415. The van der Waals surface area contributed by atoms with Gasteiger partial charge in [0.25, 0.3) is 0 Å². The van der Waals surface area contributed by atoms with Crippen molar-refractivity contribution in [1.29, 1.82) is 5.26 Å². The van der Waals surface area contributed by atoms with Gasteiger partial charge in [0.2, 0.25) is 0 Å². The number of benzene rings is 1. The minimum atomic E-state index is 0.477. The minimum absolute atomic E-state index is 0.477. The predicted molar refractivity (Wildman–Crippen MR) is 100.0 cm³/mol. The predicted octanol–water partition coefficient (Wildman–Crippen LogP) is 3.32. The average Bonchev–Trinajstić information content (AvgIpc) is 3.36. The molecule has 5 rings (SSSR count). The van der Waals surface area contributed by atoms with Crippen molar-refractivity contribution in [1.82, 2.24) is 18.8 Å². The third-order valence-electron chi connectivity index (χ3n) is 4.54. The normalized spacial score (nSPS) is 11.3. The Labute approximate surface area is 153 Å². The summed E-state index contributed by atoms with van der Waals surface area (Å²) >= 11 is 0. The molecule has 0 radical (unpaired) electrons. The number of fused-ring (bicyclic) bond motifs is 4. The molecule has 4 aromatic heterocycles. The van der Waals surface area contributed by atoms with Gasteiger partial charge in [0.1, 0.15) is 28.6 Å². The van der Waals surface area contributed by atoms with Crippen LogP contribution in [0.3, 0.4) is 0 Å². The zero-order chi connectivity index (χ0) is 18.5. The molecule has 132 valence electrons. The number of ether oxygens (including phenoxy) is 1. The van der Waals surface area contributed by atoms with Gasteiger partial charge >= 0.3 is 5.84 Å². The third kappa shape index (κ3) is 2.15. The van der Waals surface area contributed by atoms with E-state index in [1.54, 1.807) is 19.2 Å². The van der Waals surface area contributed by atoms with Crippen LogP contribution in [0.1, 0.15) is 5.56 Å². The van der Waals surface area contributed by atoms with Crippen molar-refractivity contribution < 1.29 is 9.15 Å². The van der Waals surface area contributed by atoms with E-state index in [0.717, 1.165) is 22.7 Å². The number of nitrogens with zero attached hydrogens (tertiary/aromatic N) is 5. The summed E-state index contributed by atoms with van der Waals surface area (Å²) in [6.45, 7) is 0. The van der Waals surface area contributed by atoms with Gasteiger partial charge in [0.15, 0.2) is 5.58 Å². The summed E-state index contributed by atoms with van der Waals surface area (Å²) in [7, 11) is 3.45. The highest BCUT2D eigenvalue weighted by molar-refractivity contribution is 5.81. The van der Waals surface area contributed by atoms with Crippen molar-refractivity contribution in [2.45, 2.75) is 0 Å². The van der Waals surface area contributed by atoms with E-state index in [-0.39, 0.29) is 0 Å². The first-order valence-electron chi connectivity index (χ1n) is 8.28. The molecule has 1 aromatic carbocycles. The van der Waals surface area contributed by atoms with Crippen LogP contribution < -0.4 is 10.1 Å². The second-order valence-corrected chi connectivity index (χ2v) is 6.03. The number of nitriles is 1. The number of rotatable bonds is 3. The van der Waals surface area contributed by atoms with Gasteiger partial charge in [0, 0.05) is 25.5 Å². The molecule has 0 fully saturated rings. The molecule has 0 saturated carbocycles. The Bertz CT molecular complexity index is 1370. The van der Waals surface area contributed by atoms with Crippen LogP contribution in [-0.2, 0) is 0 Å². The average molecular weight is 358 g/mol. The first-order chi connectivity index (χ1) is 13.2. The molecule has 0 spiro atoms. The third-order valence-corrected chi connectivity index (χ3v) is 4.54. The zero-order valence-corrected chi connectivity index (χ0v) is 14.6. The molecule has 0 unspecified atom stereocenters. The molecular formula is C19H14N6O2. The molecule has 8 nitrogen and oxygen atoms in total. The second-order valence-electron chi connectivity index (χ2n) is 6.03. The van der Waals surface area contributed by atoms with Crippen molar-refractivity contribution >= 4 is 28.4 Å². The summed E-state index contributed by atoms with van der Waals surface area (Å²) in [5, 5.41) is 12.3. The number of anilines is 1. The SMILES string of the molecule is CNc1c(-c2cn3c(n2)oc2ccc(OC)cc23)nc2cc(C#N)ccn12. The summed E-state index contributed by atoms with van der Waals surface area (Å²) in [5.74, 6) is 2.01. The van der Waals surface area contributed by atoms with Gasteiger partial charge in [-0.3, -0.25) is 8.80 Å². The lowest BCUT2D eigenvalue weighted by Crippen LogP contribution is -1.95. The molecule has 1 N–H and O–H groups in total. The van der Waals surface area contributed by atoms with Gasteiger partial charge in [-0.2, -0.15) is 10.2 Å². The van der Waals surface area contributed by atoms with Crippen LogP contribution in [0, 0.1) is 11.3 Å². The van der Waals surface area contributed by atoms with E-state index in [0.29, 0.717) is 28.4 Å². The summed E-state index contributed by atoms with van der Waals surface area (Å²) in [6.07, 6.45) is 3.70. The second kappa shape index (κ2) is 5.51. The van der Waals surface area contributed by atoms with Crippen LogP contribution in [-0.4, -0.2) is 32.9 Å². The van der Waals surface area contributed by atoms with Crippen molar-refractivity contribution in [3.8, 4) is 23.2 Å². The fourth-order valence-electron chi connectivity index (χ4n) is 3.25. The van der Waals surface area contributed by atoms with E-state index in [1.165, 1.54) is 0 Å². The minimum Gasteiger partial charge on any atom is -0.497 e. The van der Waals surface area contributed by atoms with E-state index in [2.05, 4.69) is 21.4 Å². The van der Waals surface area contributed by atoms with Gasteiger partial charge in [-0.05, 0) is 24.3 Å². The van der Waals surface area contributed by atoms with Crippen molar-refractivity contribution in [3.05, 3.63) is 48.3 Å². The Balaban J connectivity index is 1.74. The molecule has 4 heterocycles. The van der Waals surface area contributed by atoms with E-state index in [1.807, 2.05) is 46.4 Å². The molecule has 0 saturated heterocycles. The van der Waals surface area contributed by atoms with Crippen LogP contribution in [0.15, 0.2) is 47.1 Å². The summed E-state index contributed by atoms with van der Waals surface area (Å²) in [5.41, 5.74) is 4.17. The maximum Gasteiger partial charge on any atom is 0.307 e. The summed E-state index contributed by atoms with van der Waals surface area (Å²) in [6, 6.07) is 11.2. The fourth-order valence-corrected chi connectivity index (χ4v) is 3.25. The Morgan fingerprint density at radius 1 is 1.19 bits per heavy atom. The Morgan fingerprint density at radius 3 is 2.85 bits per heavy atom. The maximum atomic E-state index is 9.12. The van der Waals surface area contributed by atoms with Gasteiger partial charge in [-0.1, -0.05) is 0 Å². The number of hydrogen-bond acceptors (Lipinski definition) is 6. The van der Waals surface area contributed by atoms with Crippen LogP contribution in [0.2, 0.25) is 0 Å². The molecule has 0 atom stereocenters. The highest BCUT2D eigenvalue weighted by Gasteiger charge is 2.19. The Hall–Kier alpha value is -3.99. The summed E-state index contributed by atoms with van der Waals surface area (Å²) in [4.78, 5) is 9.25. The Kier molecular flexibility index (Phi) is 3.12. The number of nitrogens with one attached hydrogen (secondary N) is 1.